The third-order valence-corrected chi connectivity index (χ3v) is 4.74. The molecule has 0 aliphatic heterocycles. The van der Waals surface area contributed by atoms with Gasteiger partial charge in [-0.25, -0.2) is 4.98 Å². The van der Waals surface area contributed by atoms with E-state index in [9.17, 15) is 0 Å². The van der Waals surface area contributed by atoms with Gasteiger partial charge in [0, 0.05) is 31.4 Å². The normalized spacial score (nSPS) is 19.9. The van der Waals surface area contributed by atoms with Gasteiger partial charge in [0.05, 0.1) is 0 Å². The standard InChI is InChI=1S/C17H27N3/c1-4-15-9-13(11-18-16-7-8-16)10-17(19-15)20(3)12(2)14-5-6-14/h9-10,12,14,16,18H,4-8,11H2,1-3H3. The van der Waals surface area contributed by atoms with E-state index in [1.54, 1.807) is 0 Å². The molecule has 3 rings (SSSR count). The summed E-state index contributed by atoms with van der Waals surface area (Å²) < 4.78 is 0. The molecule has 0 aromatic carbocycles. The van der Waals surface area contributed by atoms with E-state index >= 15 is 0 Å². The van der Waals surface area contributed by atoms with Crippen molar-refractivity contribution in [3.8, 4) is 0 Å². The molecule has 3 nitrogen and oxygen atoms in total. The highest BCUT2D eigenvalue weighted by Crippen LogP contribution is 2.36. The van der Waals surface area contributed by atoms with Crippen LogP contribution in [0.2, 0.25) is 0 Å². The van der Waals surface area contributed by atoms with Crippen LogP contribution in [0.5, 0.6) is 0 Å². The summed E-state index contributed by atoms with van der Waals surface area (Å²) in [4.78, 5) is 7.20. The lowest BCUT2D eigenvalue weighted by Gasteiger charge is -2.27. The molecule has 2 fully saturated rings. The molecule has 0 amide bonds. The number of hydrogen-bond donors (Lipinski definition) is 1. The summed E-state index contributed by atoms with van der Waals surface area (Å²) in [6.45, 7) is 5.51. The molecule has 3 heteroatoms. The van der Waals surface area contributed by atoms with Gasteiger partial charge in [0.1, 0.15) is 5.82 Å². The summed E-state index contributed by atoms with van der Waals surface area (Å²) >= 11 is 0. The minimum absolute atomic E-state index is 0.610. The molecule has 1 N–H and O–H groups in total. The van der Waals surface area contributed by atoms with Gasteiger partial charge in [-0.1, -0.05) is 6.92 Å². The Morgan fingerprint density at radius 3 is 2.65 bits per heavy atom. The van der Waals surface area contributed by atoms with Crippen LogP contribution in [0.25, 0.3) is 0 Å². The topological polar surface area (TPSA) is 28.2 Å². The zero-order valence-electron chi connectivity index (χ0n) is 13.0. The largest absolute Gasteiger partial charge is 0.357 e. The van der Waals surface area contributed by atoms with Crippen molar-refractivity contribution in [2.75, 3.05) is 11.9 Å². The Bertz CT molecular complexity index is 463. The molecule has 1 aromatic heterocycles. The summed E-state index contributed by atoms with van der Waals surface area (Å²) in [5, 5.41) is 3.61. The molecule has 110 valence electrons. The maximum Gasteiger partial charge on any atom is 0.129 e. The molecule has 1 heterocycles. The van der Waals surface area contributed by atoms with Gasteiger partial charge in [-0.3, -0.25) is 0 Å². The van der Waals surface area contributed by atoms with Crippen LogP contribution < -0.4 is 10.2 Å². The number of anilines is 1. The van der Waals surface area contributed by atoms with E-state index < -0.39 is 0 Å². The second kappa shape index (κ2) is 5.72. The monoisotopic (exact) mass is 273 g/mol. The predicted molar refractivity (Wildman–Crippen MR) is 84.1 cm³/mol. The highest BCUT2D eigenvalue weighted by Gasteiger charge is 2.31. The van der Waals surface area contributed by atoms with Gasteiger partial charge in [-0.15, -0.1) is 0 Å². The average Bonchev–Trinajstić information content (AvgIpc) is 3.35. The molecular formula is C17H27N3. The van der Waals surface area contributed by atoms with Gasteiger partial charge in [-0.05, 0) is 62.6 Å². The Morgan fingerprint density at radius 1 is 1.30 bits per heavy atom. The van der Waals surface area contributed by atoms with Crippen molar-refractivity contribution in [1.82, 2.24) is 10.3 Å². The Hall–Kier alpha value is -1.09. The van der Waals surface area contributed by atoms with E-state index in [4.69, 9.17) is 4.98 Å². The summed E-state index contributed by atoms with van der Waals surface area (Å²) in [5.74, 6) is 2.02. The third-order valence-electron chi connectivity index (χ3n) is 4.74. The first-order chi connectivity index (χ1) is 9.67. The molecule has 1 atom stereocenters. The maximum absolute atomic E-state index is 4.82. The molecule has 1 aromatic rings. The lowest BCUT2D eigenvalue weighted by Crippen LogP contribution is -2.31. The van der Waals surface area contributed by atoms with Gasteiger partial charge in [0.2, 0.25) is 0 Å². The third kappa shape index (κ3) is 3.32. The molecule has 0 spiro atoms. The van der Waals surface area contributed by atoms with Crippen LogP contribution in [0.15, 0.2) is 12.1 Å². The number of hydrogen-bond acceptors (Lipinski definition) is 3. The van der Waals surface area contributed by atoms with Crippen molar-refractivity contribution in [1.29, 1.82) is 0 Å². The maximum atomic E-state index is 4.82. The fourth-order valence-electron chi connectivity index (χ4n) is 2.75. The van der Waals surface area contributed by atoms with Crippen molar-refractivity contribution in [2.45, 2.75) is 64.6 Å². The molecule has 1 unspecified atom stereocenters. The second-order valence-electron chi connectivity index (χ2n) is 6.52. The van der Waals surface area contributed by atoms with Crippen LogP contribution in [0.1, 0.15) is 50.8 Å². The first-order valence-corrected chi connectivity index (χ1v) is 8.13. The molecule has 0 saturated heterocycles. The second-order valence-corrected chi connectivity index (χ2v) is 6.52. The van der Waals surface area contributed by atoms with Crippen molar-refractivity contribution < 1.29 is 0 Å². The average molecular weight is 273 g/mol. The first-order valence-electron chi connectivity index (χ1n) is 8.13. The molecule has 2 saturated carbocycles. The minimum Gasteiger partial charge on any atom is -0.357 e. The van der Waals surface area contributed by atoms with E-state index in [-0.39, 0.29) is 0 Å². The first kappa shape index (κ1) is 13.9. The molecule has 2 aliphatic carbocycles. The number of aryl methyl sites for hydroxylation is 1. The smallest absolute Gasteiger partial charge is 0.129 e. The minimum atomic E-state index is 0.610. The van der Waals surface area contributed by atoms with Crippen LogP contribution in [-0.4, -0.2) is 24.1 Å². The highest BCUT2D eigenvalue weighted by molar-refractivity contribution is 5.43. The van der Waals surface area contributed by atoms with E-state index in [0.29, 0.717) is 6.04 Å². The summed E-state index contributed by atoms with van der Waals surface area (Å²) in [7, 11) is 2.20. The van der Waals surface area contributed by atoms with Gasteiger partial charge in [0.25, 0.3) is 0 Å². The van der Waals surface area contributed by atoms with Crippen LogP contribution >= 0.6 is 0 Å². The van der Waals surface area contributed by atoms with E-state index in [0.717, 1.165) is 30.7 Å². The van der Waals surface area contributed by atoms with Crippen molar-refractivity contribution in [2.24, 2.45) is 5.92 Å². The van der Waals surface area contributed by atoms with Gasteiger partial charge in [-0.2, -0.15) is 0 Å². The Kier molecular flexibility index (Phi) is 3.97. The highest BCUT2D eigenvalue weighted by atomic mass is 15.2. The van der Waals surface area contributed by atoms with Crippen LogP contribution in [-0.2, 0) is 13.0 Å². The van der Waals surface area contributed by atoms with Gasteiger partial charge < -0.3 is 10.2 Å². The van der Waals surface area contributed by atoms with Crippen molar-refractivity contribution in [3.63, 3.8) is 0 Å². The SMILES string of the molecule is CCc1cc(CNC2CC2)cc(N(C)C(C)C2CC2)n1. The quantitative estimate of drug-likeness (QED) is 0.827. The molecule has 2 aliphatic rings. The summed E-state index contributed by atoms with van der Waals surface area (Å²) in [5.41, 5.74) is 2.60. The zero-order chi connectivity index (χ0) is 14.1. The number of rotatable bonds is 7. The number of aromatic nitrogens is 1. The molecule has 20 heavy (non-hydrogen) atoms. The molecular weight excluding hydrogens is 246 g/mol. The zero-order valence-corrected chi connectivity index (χ0v) is 13.0. The fraction of sp³-hybridized carbons (Fsp3) is 0.706. The van der Waals surface area contributed by atoms with E-state index in [2.05, 4.69) is 43.2 Å². The number of nitrogens with one attached hydrogen (secondary N) is 1. The van der Waals surface area contributed by atoms with Crippen LogP contribution in [0.3, 0.4) is 0 Å². The Labute approximate surface area is 122 Å². The Morgan fingerprint density at radius 2 is 2.05 bits per heavy atom. The Balaban J connectivity index is 1.74. The lowest BCUT2D eigenvalue weighted by molar-refractivity contribution is 0.602. The van der Waals surface area contributed by atoms with Crippen LogP contribution in [0, 0.1) is 5.92 Å². The van der Waals surface area contributed by atoms with E-state index in [1.807, 2.05) is 0 Å². The van der Waals surface area contributed by atoms with Gasteiger partial charge >= 0.3 is 0 Å². The van der Waals surface area contributed by atoms with E-state index in [1.165, 1.54) is 36.9 Å². The molecule has 0 bridgehead atoms. The van der Waals surface area contributed by atoms with Gasteiger partial charge in [0.15, 0.2) is 0 Å². The van der Waals surface area contributed by atoms with Crippen molar-refractivity contribution >= 4 is 5.82 Å². The predicted octanol–water partition coefficient (Wildman–Crippen LogP) is 3.13. The number of nitrogens with zero attached hydrogens (tertiary/aromatic N) is 2. The van der Waals surface area contributed by atoms with Crippen LogP contribution in [0.4, 0.5) is 5.82 Å². The molecule has 0 radical (unpaired) electrons. The number of pyridine rings is 1. The summed E-state index contributed by atoms with van der Waals surface area (Å²) in [6, 6.07) is 5.90. The summed E-state index contributed by atoms with van der Waals surface area (Å²) in [6.07, 6.45) is 6.47. The van der Waals surface area contributed by atoms with Crippen molar-refractivity contribution in [3.05, 3.63) is 23.4 Å². The fourth-order valence-corrected chi connectivity index (χ4v) is 2.75. The lowest BCUT2D eigenvalue weighted by atomic mass is 10.1.